The fourth-order valence-electron chi connectivity index (χ4n) is 3.42. The molecule has 0 heterocycles. The Hall–Kier alpha value is -3.53. The summed E-state index contributed by atoms with van der Waals surface area (Å²) in [4.78, 5) is 39.2. The van der Waals surface area contributed by atoms with Crippen LogP contribution >= 0.6 is 0 Å². The maximum atomic E-state index is 13.3. The molecule has 36 heavy (non-hydrogen) atoms. The summed E-state index contributed by atoms with van der Waals surface area (Å²) in [5.41, 5.74) is 0.909. The van der Waals surface area contributed by atoms with Crippen LogP contribution in [-0.2, 0) is 32.0 Å². The molecule has 2 amide bonds. The first-order valence-electron chi connectivity index (χ1n) is 11.6. The van der Waals surface area contributed by atoms with Gasteiger partial charge < -0.3 is 25.0 Å². The van der Waals surface area contributed by atoms with E-state index in [4.69, 9.17) is 9.47 Å². The van der Waals surface area contributed by atoms with E-state index in [9.17, 15) is 23.2 Å². The average molecular weight is 506 g/mol. The molecular weight excluding hydrogens is 472 g/mol. The molecule has 0 aliphatic heterocycles. The summed E-state index contributed by atoms with van der Waals surface area (Å²) in [6.07, 6.45) is 0.748. The van der Waals surface area contributed by atoms with Crippen LogP contribution in [0.4, 0.5) is 8.78 Å². The van der Waals surface area contributed by atoms with Crippen LogP contribution in [0.5, 0.6) is 5.75 Å². The van der Waals surface area contributed by atoms with E-state index in [-0.39, 0.29) is 18.4 Å². The van der Waals surface area contributed by atoms with E-state index in [0.717, 1.165) is 30.7 Å². The van der Waals surface area contributed by atoms with Gasteiger partial charge in [0.05, 0.1) is 20.1 Å². The number of nitrogens with one attached hydrogen (secondary N) is 2. The van der Waals surface area contributed by atoms with E-state index in [1.807, 2.05) is 14.1 Å². The molecule has 0 fully saturated rings. The topological polar surface area (TPSA) is 97.0 Å². The predicted octanol–water partition coefficient (Wildman–Crippen LogP) is 2.24. The second-order valence-corrected chi connectivity index (χ2v) is 8.68. The lowest BCUT2D eigenvalue weighted by Gasteiger charge is -2.20. The van der Waals surface area contributed by atoms with E-state index in [2.05, 4.69) is 15.5 Å². The highest BCUT2D eigenvalue weighted by molar-refractivity contribution is 5.91. The quantitative estimate of drug-likeness (QED) is 0.320. The fraction of sp³-hybridized carbons (Fsp3) is 0.423. The van der Waals surface area contributed by atoms with E-state index in [0.29, 0.717) is 18.4 Å². The number of amides is 2. The van der Waals surface area contributed by atoms with Crippen LogP contribution in [0.25, 0.3) is 0 Å². The molecule has 0 aromatic heterocycles. The summed E-state index contributed by atoms with van der Waals surface area (Å²) in [5.74, 6) is -2.74. The Balaban J connectivity index is 1.91. The number of carbonyl (C=O) groups is 3. The Kier molecular flexibility index (Phi) is 11.3. The Morgan fingerprint density at radius 1 is 0.972 bits per heavy atom. The summed E-state index contributed by atoms with van der Waals surface area (Å²) in [6.45, 7) is 2.94. The normalized spacial score (nSPS) is 12.5. The van der Waals surface area contributed by atoms with E-state index in [1.165, 1.54) is 14.0 Å². The molecule has 2 aromatic carbocycles. The number of methoxy groups -OCH3 is 1. The zero-order valence-corrected chi connectivity index (χ0v) is 21.0. The molecular formula is C26H33F2N3O5. The van der Waals surface area contributed by atoms with Crippen LogP contribution < -0.4 is 15.4 Å². The Bertz CT molecular complexity index is 1010. The predicted molar refractivity (Wildman–Crippen MR) is 130 cm³/mol. The van der Waals surface area contributed by atoms with Crippen molar-refractivity contribution in [3.63, 3.8) is 0 Å². The number of carbonyl (C=O) groups excluding carboxylic acids is 3. The third kappa shape index (κ3) is 9.99. The number of hydrogen-bond donors (Lipinski definition) is 2. The van der Waals surface area contributed by atoms with Gasteiger partial charge in [-0.25, -0.2) is 13.6 Å². The number of halogens is 2. The van der Waals surface area contributed by atoms with Gasteiger partial charge >= 0.3 is 5.97 Å². The molecule has 2 atom stereocenters. The largest absolute Gasteiger partial charge is 0.494 e. The highest BCUT2D eigenvalue weighted by Gasteiger charge is 2.25. The number of benzene rings is 2. The lowest BCUT2D eigenvalue weighted by molar-refractivity contribution is -0.145. The summed E-state index contributed by atoms with van der Waals surface area (Å²) in [6, 6.07) is 7.99. The maximum absolute atomic E-state index is 13.3. The van der Waals surface area contributed by atoms with Gasteiger partial charge in [0.1, 0.15) is 29.5 Å². The first kappa shape index (κ1) is 28.7. The van der Waals surface area contributed by atoms with Crippen molar-refractivity contribution in [1.82, 2.24) is 15.5 Å². The molecule has 0 unspecified atom stereocenters. The van der Waals surface area contributed by atoms with Crippen LogP contribution in [0.3, 0.4) is 0 Å². The van der Waals surface area contributed by atoms with Gasteiger partial charge in [-0.05, 0) is 62.8 Å². The molecule has 0 aliphatic carbocycles. The summed E-state index contributed by atoms with van der Waals surface area (Å²) >= 11 is 0. The zero-order valence-electron chi connectivity index (χ0n) is 21.0. The van der Waals surface area contributed by atoms with Crippen molar-refractivity contribution < 1.29 is 32.6 Å². The second kappa shape index (κ2) is 14.1. The molecule has 0 saturated carbocycles. The van der Waals surface area contributed by atoms with Crippen molar-refractivity contribution in [2.24, 2.45) is 0 Å². The van der Waals surface area contributed by atoms with Crippen molar-refractivity contribution in [1.29, 1.82) is 0 Å². The highest BCUT2D eigenvalue weighted by Crippen LogP contribution is 2.14. The first-order valence-corrected chi connectivity index (χ1v) is 11.6. The first-order chi connectivity index (χ1) is 17.1. The monoisotopic (exact) mass is 505 g/mol. The zero-order chi connectivity index (χ0) is 26.7. The number of hydrogen-bond acceptors (Lipinski definition) is 6. The van der Waals surface area contributed by atoms with Gasteiger partial charge in [-0.2, -0.15) is 0 Å². The molecule has 0 saturated heterocycles. The van der Waals surface area contributed by atoms with Crippen LogP contribution in [-0.4, -0.2) is 69.1 Å². The lowest BCUT2D eigenvalue weighted by Crippen LogP contribution is -2.51. The smallest absolute Gasteiger partial charge is 0.328 e. The second-order valence-electron chi connectivity index (χ2n) is 8.68. The van der Waals surface area contributed by atoms with Crippen molar-refractivity contribution in [3.05, 3.63) is 65.2 Å². The van der Waals surface area contributed by atoms with Crippen LogP contribution in [0, 0.1) is 11.6 Å². The molecule has 0 bridgehead atoms. The molecule has 2 aromatic rings. The Morgan fingerprint density at radius 3 is 2.19 bits per heavy atom. The molecule has 196 valence electrons. The summed E-state index contributed by atoms with van der Waals surface area (Å²) in [5, 5.41) is 5.05. The average Bonchev–Trinajstić information content (AvgIpc) is 2.80. The molecule has 0 aliphatic rings. The minimum absolute atomic E-state index is 0.134. The molecule has 8 nitrogen and oxygen atoms in total. The molecule has 0 spiro atoms. The molecule has 10 heteroatoms. The standard InChI is InChI=1S/C26H33F2N3O5/c1-17(29-24(32)15-19-12-20(27)16-21(28)13-19)25(33)30-23(26(34)35-4)14-18-6-8-22(9-7-18)36-11-5-10-31(2)3/h6-9,12-13,16-17,23H,5,10-11,14-15H2,1-4H3,(H,29,32)(H,30,33)/t17-,23-/m0/s1. The number of esters is 1. The Morgan fingerprint density at radius 2 is 1.61 bits per heavy atom. The summed E-state index contributed by atoms with van der Waals surface area (Å²) in [7, 11) is 5.21. The van der Waals surface area contributed by atoms with Gasteiger partial charge in [-0.15, -0.1) is 0 Å². The van der Waals surface area contributed by atoms with Crippen molar-refractivity contribution >= 4 is 17.8 Å². The van der Waals surface area contributed by atoms with Gasteiger partial charge in [0.2, 0.25) is 11.8 Å². The van der Waals surface area contributed by atoms with E-state index < -0.39 is 41.5 Å². The third-order valence-corrected chi connectivity index (χ3v) is 5.24. The molecule has 0 radical (unpaired) electrons. The number of rotatable bonds is 13. The fourth-order valence-corrected chi connectivity index (χ4v) is 3.42. The lowest BCUT2D eigenvalue weighted by atomic mass is 10.1. The SMILES string of the molecule is COC(=O)[C@H](Cc1ccc(OCCCN(C)C)cc1)NC(=O)[C@H](C)NC(=O)Cc1cc(F)cc(F)c1. The van der Waals surface area contributed by atoms with Crippen LogP contribution in [0.15, 0.2) is 42.5 Å². The summed E-state index contributed by atoms with van der Waals surface area (Å²) < 4.78 is 37.2. The molecule has 2 rings (SSSR count). The minimum atomic E-state index is -0.999. The van der Waals surface area contributed by atoms with Crippen molar-refractivity contribution in [3.8, 4) is 5.75 Å². The third-order valence-electron chi connectivity index (χ3n) is 5.24. The maximum Gasteiger partial charge on any atom is 0.328 e. The van der Waals surface area contributed by atoms with E-state index >= 15 is 0 Å². The number of nitrogens with zero attached hydrogens (tertiary/aromatic N) is 1. The van der Waals surface area contributed by atoms with E-state index in [1.54, 1.807) is 24.3 Å². The van der Waals surface area contributed by atoms with Crippen molar-refractivity contribution in [2.45, 2.75) is 38.3 Å². The van der Waals surface area contributed by atoms with Gasteiger partial charge in [0.25, 0.3) is 0 Å². The number of ether oxygens (including phenoxy) is 2. The minimum Gasteiger partial charge on any atom is -0.494 e. The molecule has 2 N–H and O–H groups in total. The van der Waals surface area contributed by atoms with Crippen molar-refractivity contribution in [2.75, 3.05) is 34.4 Å². The van der Waals surface area contributed by atoms with Crippen LogP contribution in [0.2, 0.25) is 0 Å². The van der Waals surface area contributed by atoms with Gasteiger partial charge in [0.15, 0.2) is 0 Å². The van der Waals surface area contributed by atoms with Gasteiger partial charge in [0, 0.05) is 19.0 Å². The van der Waals surface area contributed by atoms with Gasteiger partial charge in [-0.1, -0.05) is 12.1 Å². The Labute approximate surface area is 209 Å². The van der Waals surface area contributed by atoms with Crippen LogP contribution in [0.1, 0.15) is 24.5 Å². The van der Waals surface area contributed by atoms with Gasteiger partial charge in [-0.3, -0.25) is 9.59 Å². The highest BCUT2D eigenvalue weighted by atomic mass is 19.1.